The largest absolute Gasteiger partial charge is 0.332 e. The van der Waals surface area contributed by atoms with Gasteiger partial charge < -0.3 is 10.2 Å². The predicted molar refractivity (Wildman–Crippen MR) is 101 cm³/mol. The topological polar surface area (TPSA) is 67.2 Å². The molecule has 1 N–H and O–H groups in total. The minimum absolute atomic E-state index is 0. The lowest BCUT2D eigenvalue weighted by Gasteiger charge is -2.34. The molecule has 0 aliphatic carbocycles. The van der Waals surface area contributed by atoms with Crippen LogP contribution in [0.4, 0.5) is 0 Å². The van der Waals surface area contributed by atoms with Gasteiger partial charge in [-0.15, -0.1) is 12.4 Å². The third-order valence-corrected chi connectivity index (χ3v) is 4.37. The molecule has 3 rings (SSSR count). The Balaban J connectivity index is 0.00000225. The van der Waals surface area contributed by atoms with Crippen molar-refractivity contribution in [1.82, 2.24) is 20.0 Å². The first-order chi connectivity index (χ1) is 11.5. The molecule has 1 aliphatic heterocycles. The summed E-state index contributed by atoms with van der Waals surface area (Å²) in [5.74, 6) is 0.176. The minimum atomic E-state index is -0.135. The number of piperazine rings is 1. The lowest BCUT2D eigenvalue weighted by atomic mass is 10.1. The molecule has 1 amide bonds. The quantitative estimate of drug-likeness (QED) is 0.903. The van der Waals surface area contributed by atoms with E-state index in [-0.39, 0.29) is 35.8 Å². The van der Waals surface area contributed by atoms with E-state index in [1.165, 1.54) is 4.68 Å². The summed E-state index contributed by atoms with van der Waals surface area (Å²) in [4.78, 5) is 27.6. The van der Waals surface area contributed by atoms with Gasteiger partial charge in [0.05, 0.1) is 5.39 Å². The van der Waals surface area contributed by atoms with Crippen molar-refractivity contribution < 1.29 is 4.79 Å². The smallest absolute Gasteiger partial charge is 0.275 e. The highest BCUT2D eigenvalue weighted by Crippen LogP contribution is 2.17. The number of hydrogen-bond acceptors (Lipinski definition) is 4. The number of amides is 1. The van der Waals surface area contributed by atoms with Gasteiger partial charge in [0.2, 0.25) is 0 Å². The van der Waals surface area contributed by atoms with Crippen molar-refractivity contribution in [2.75, 3.05) is 19.6 Å². The highest BCUT2D eigenvalue weighted by molar-refractivity contribution is 6.04. The zero-order valence-corrected chi connectivity index (χ0v) is 15.7. The van der Waals surface area contributed by atoms with E-state index in [1.807, 2.05) is 43.9 Å². The molecule has 2 aromatic rings. The summed E-state index contributed by atoms with van der Waals surface area (Å²) in [5.41, 5.74) is 0.240. The van der Waals surface area contributed by atoms with E-state index in [9.17, 15) is 9.59 Å². The Bertz CT molecular complexity index is 818. The number of fused-ring (bicyclic) bond motifs is 1. The van der Waals surface area contributed by atoms with Gasteiger partial charge in [-0.2, -0.15) is 5.10 Å². The van der Waals surface area contributed by atoms with Crippen LogP contribution >= 0.6 is 12.4 Å². The first kappa shape index (κ1) is 19.4. The maximum Gasteiger partial charge on any atom is 0.275 e. The van der Waals surface area contributed by atoms with Crippen LogP contribution in [-0.4, -0.2) is 46.3 Å². The van der Waals surface area contributed by atoms with E-state index in [0.717, 1.165) is 13.1 Å². The number of benzene rings is 1. The molecule has 6 nitrogen and oxygen atoms in total. The summed E-state index contributed by atoms with van der Waals surface area (Å²) < 4.78 is 1.44. The Morgan fingerprint density at radius 1 is 1.32 bits per heavy atom. The van der Waals surface area contributed by atoms with Crippen molar-refractivity contribution in [3.05, 3.63) is 40.3 Å². The number of rotatable bonds is 3. The van der Waals surface area contributed by atoms with Crippen molar-refractivity contribution in [3.63, 3.8) is 0 Å². The maximum atomic E-state index is 13.1. The van der Waals surface area contributed by atoms with Crippen LogP contribution in [0.15, 0.2) is 29.1 Å². The summed E-state index contributed by atoms with van der Waals surface area (Å²) in [6, 6.07) is 7.36. The average Bonchev–Trinajstić information content (AvgIpc) is 2.57. The van der Waals surface area contributed by atoms with Gasteiger partial charge in [0.15, 0.2) is 5.69 Å². The molecule has 0 bridgehead atoms. The van der Waals surface area contributed by atoms with Gasteiger partial charge in [0.1, 0.15) is 0 Å². The molecule has 0 spiro atoms. The van der Waals surface area contributed by atoms with Crippen LogP contribution in [0.25, 0.3) is 10.8 Å². The highest BCUT2D eigenvalue weighted by atomic mass is 35.5. The predicted octanol–water partition coefficient (Wildman–Crippen LogP) is 1.91. The van der Waals surface area contributed by atoms with Crippen molar-refractivity contribution >= 4 is 29.1 Å². The average molecular weight is 365 g/mol. The zero-order chi connectivity index (χ0) is 17.3. The third-order valence-electron chi connectivity index (χ3n) is 4.37. The van der Waals surface area contributed by atoms with E-state index in [2.05, 4.69) is 10.4 Å². The summed E-state index contributed by atoms with van der Waals surface area (Å²) in [7, 11) is 0. The molecule has 2 heterocycles. The molecule has 0 saturated carbocycles. The zero-order valence-electron chi connectivity index (χ0n) is 14.9. The molecular weight excluding hydrogens is 340 g/mol. The minimum Gasteiger partial charge on any atom is -0.332 e. The molecule has 0 radical (unpaired) electrons. The molecule has 1 unspecified atom stereocenters. The molecule has 1 aromatic heterocycles. The fourth-order valence-corrected chi connectivity index (χ4v) is 3.14. The Hall–Kier alpha value is -1.92. The second kappa shape index (κ2) is 7.97. The molecule has 1 saturated heterocycles. The van der Waals surface area contributed by atoms with Crippen molar-refractivity contribution in [2.45, 2.75) is 33.4 Å². The number of hydrogen-bond donors (Lipinski definition) is 1. The lowest BCUT2D eigenvalue weighted by Crippen LogP contribution is -2.52. The Morgan fingerprint density at radius 3 is 2.64 bits per heavy atom. The van der Waals surface area contributed by atoms with Gasteiger partial charge in [0, 0.05) is 37.6 Å². The Labute approximate surface area is 153 Å². The fourth-order valence-electron chi connectivity index (χ4n) is 3.14. The Kier molecular flexibility index (Phi) is 6.19. The standard InChI is InChI=1S/C18H24N4O2.ClH/c1-12(2)11-22-17(23)15-7-5-4-6-14(15)16(20-22)18(24)21-9-8-19-10-13(21)3;/h4-7,12-13,19H,8-11H2,1-3H3;1H. The lowest BCUT2D eigenvalue weighted by molar-refractivity contribution is 0.0649. The number of carbonyl (C=O) groups is 1. The van der Waals surface area contributed by atoms with Crippen LogP contribution in [0.3, 0.4) is 0 Å². The second-order valence-corrected chi connectivity index (χ2v) is 6.83. The van der Waals surface area contributed by atoms with E-state index >= 15 is 0 Å². The molecule has 7 heteroatoms. The van der Waals surface area contributed by atoms with E-state index in [4.69, 9.17) is 0 Å². The number of aromatic nitrogens is 2. The van der Waals surface area contributed by atoms with Gasteiger partial charge >= 0.3 is 0 Å². The van der Waals surface area contributed by atoms with E-state index in [0.29, 0.717) is 29.6 Å². The van der Waals surface area contributed by atoms with Crippen LogP contribution in [0, 0.1) is 5.92 Å². The SMILES string of the molecule is CC(C)Cn1nc(C(=O)N2CCNCC2C)c2ccccc2c1=O.Cl. The first-order valence-electron chi connectivity index (χ1n) is 8.50. The number of carbonyl (C=O) groups excluding carboxylic acids is 1. The van der Waals surface area contributed by atoms with Crippen LogP contribution in [0.2, 0.25) is 0 Å². The molecule has 25 heavy (non-hydrogen) atoms. The molecule has 136 valence electrons. The van der Waals surface area contributed by atoms with Crippen molar-refractivity contribution in [2.24, 2.45) is 5.92 Å². The van der Waals surface area contributed by atoms with Gasteiger partial charge in [-0.3, -0.25) is 9.59 Å². The fraction of sp³-hybridized carbons (Fsp3) is 0.500. The number of nitrogens with one attached hydrogen (secondary N) is 1. The third kappa shape index (κ3) is 3.85. The van der Waals surface area contributed by atoms with Gasteiger partial charge in [-0.05, 0) is 18.9 Å². The molecule has 1 aliphatic rings. The van der Waals surface area contributed by atoms with E-state index in [1.54, 1.807) is 6.07 Å². The first-order valence-corrected chi connectivity index (χ1v) is 8.50. The van der Waals surface area contributed by atoms with E-state index < -0.39 is 0 Å². The molecule has 1 fully saturated rings. The van der Waals surface area contributed by atoms with Gasteiger partial charge in [-0.25, -0.2) is 4.68 Å². The summed E-state index contributed by atoms with van der Waals surface area (Å²) in [6.07, 6.45) is 0. The molecule has 1 atom stereocenters. The monoisotopic (exact) mass is 364 g/mol. The van der Waals surface area contributed by atoms with Crippen LogP contribution < -0.4 is 10.9 Å². The Morgan fingerprint density at radius 2 is 2.00 bits per heavy atom. The number of nitrogens with zero attached hydrogens (tertiary/aromatic N) is 3. The molecular formula is C18H25ClN4O2. The van der Waals surface area contributed by atoms with Crippen LogP contribution in [0.1, 0.15) is 31.3 Å². The van der Waals surface area contributed by atoms with Crippen LogP contribution in [-0.2, 0) is 6.54 Å². The maximum absolute atomic E-state index is 13.1. The number of halogens is 1. The molecule has 1 aromatic carbocycles. The van der Waals surface area contributed by atoms with Crippen molar-refractivity contribution in [3.8, 4) is 0 Å². The van der Waals surface area contributed by atoms with Gasteiger partial charge in [-0.1, -0.05) is 32.0 Å². The normalized spacial score (nSPS) is 17.6. The van der Waals surface area contributed by atoms with Crippen LogP contribution in [0.5, 0.6) is 0 Å². The second-order valence-electron chi connectivity index (χ2n) is 6.83. The van der Waals surface area contributed by atoms with Gasteiger partial charge in [0.25, 0.3) is 11.5 Å². The highest BCUT2D eigenvalue weighted by Gasteiger charge is 2.27. The summed E-state index contributed by atoms with van der Waals surface area (Å²) in [5, 5.41) is 8.92. The van der Waals surface area contributed by atoms with Crippen molar-refractivity contribution in [1.29, 1.82) is 0 Å². The summed E-state index contributed by atoms with van der Waals surface area (Å²) in [6.45, 7) is 8.79. The summed E-state index contributed by atoms with van der Waals surface area (Å²) >= 11 is 0.